The summed E-state index contributed by atoms with van der Waals surface area (Å²) in [6.45, 7) is 7.56. The summed E-state index contributed by atoms with van der Waals surface area (Å²) in [6, 6.07) is 0. The van der Waals surface area contributed by atoms with Gasteiger partial charge in [-0.1, -0.05) is 6.92 Å². The minimum absolute atomic E-state index is 0.0212. The van der Waals surface area contributed by atoms with Crippen molar-refractivity contribution < 1.29 is 4.74 Å². The average Bonchev–Trinajstić information content (AvgIpc) is 2.72. The van der Waals surface area contributed by atoms with Gasteiger partial charge in [0, 0.05) is 31.0 Å². The minimum atomic E-state index is 0.0212. The summed E-state index contributed by atoms with van der Waals surface area (Å²) in [5.41, 5.74) is 6.36. The van der Waals surface area contributed by atoms with Crippen molar-refractivity contribution in [1.29, 1.82) is 0 Å². The van der Waals surface area contributed by atoms with Crippen LogP contribution in [0.4, 0.5) is 0 Å². The van der Waals surface area contributed by atoms with Crippen molar-refractivity contribution in [3.63, 3.8) is 0 Å². The minimum Gasteiger partial charge on any atom is -0.377 e. The molecule has 2 heterocycles. The molecule has 17 heavy (non-hydrogen) atoms. The lowest BCUT2D eigenvalue weighted by atomic mass is 9.85. The zero-order valence-corrected chi connectivity index (χ0v) is 12.2. The van der Waals surface area contributed by atoms with E-state index in [1.165, 1.54) is 31.6 Å². The first-order valence-electron chi connectivity index (χ1n) is 6.68. The van der Waals surface area contributed by atoms with Crippen LogP contribution in [0.1, 0.15) is 33.1 Å². The predicted octanol–water partition coefficient (Wildman–Crippen LogP) is 1.71. The van der Waals surface area contributed by atoms with Crippen LogP contribution in [0, 0.1) is 0 Å². The van der Waals surface area contributed by atoms with E-state index in [9.17, 15) is 0 Å². The van der Waals surface area contributed by atoms with Gasteiger partial charge in [0.1, 0.15) is 0 Å². The van der Waals surface area contributed by atoms with Crippen molar-refractivity contribution in [2.24, 2.45) is 5.73 Å². The molecule has 0 saturated carbocycles. The molecule has 0 radical (unpaired) electrons. The lowest BCUT2D eigenvalue weighted by Gasteiger charge is -2.50. The molecular weight excluding hydrogens is 232 g/mol. The average molecular weight is 258 g/mol. The Morgan fingerprint density at radius 2 is 2.24 bits per heavy atom. The van der Waals surface area contributed by atoms with Gasteiger partial charge >= 0.3 is 0 Å². The Kier molecular flexibility index (Phi) is 4.08. The van der Waals surface area contributed by atoms with Crippen LogP contribution in [0.5, 0.6) is 0 Å². The van der Waals surface area contributed by atoms with Crippen LogP contribution in [-0.2, 0) is 4.74 Å². The van der Waals surface area contributed by atoms with Crippen LogP contribution < -0.4 is 5.73 Å². The van der Waals surface area contributed by atoms with Crippen LogP contribution >= 0.6 is 11.8 Å². The monoisotopic (exact) mass is 258 g/mol. The van der Waals surface area contributed by atoms with E-state index in [2.05, 4.69) is 30.5 Å². The Bertz CT molecular complexity index is 276. The van der Waals surface area contributed by atoms with E-state index in [1.807, 2.05) is 7.11 Å². The molecule has 0 aromatic carbocycles. The van der Waals surface area contributed by atoms with Crippen LogP contribution in [0.3, 0.4) is 0 Å². The standard InChI is InChI=1S/C13H26N2OS/c1-11-13(9-14,6-8-17-11)15-7-4-5-12(2,10-15)16-3/h11H,4-10,14H2,1-3H3. The lowest BCUT2D eigenvalue weighted by Crippen LogP contribution is -2.63. The maximum atomic E-state index is 6.12. The second kappa shape index (κ2) is 5.08. The summed E-state index contributed by atoms with van der Waals surface area (Å²) in [7, 11) is 1.84. The van der Waals surface area contributed by atoms with Gasteiger partial charge in [0.05, 0.1) is 5.60 Å². The first-order valence-corrected chi connectivity index (χ1v) is 7.73. The molecule has 0 aromatic heterocycles. The maximum absolute atomic E-state index is 6.12. The second-order valence-electron chi connectivity index (χ2n) is 5.75. The summed E-state index contributed by atoms with van der Waals surface area (Å²) in [4.78, 5) is 2.62. The summed E-state index contributed by atoms with van der Waals surface area (Å²) >= 11 is 2.07. The normalized spacial score (nSPS) is 44.1. The first kappa shape index (κ1) is 13.7. The molecule has 3 nitrogen and oxygen atoms in total. The summed E-state index contributed by atoms with van der Waals surface area (Å²) in [6.07, 6.45) is 3.63. The third-order valence-electron chi connectivity index (χ3n) is 4.79. The maximum Gasteiger partial charge on any atom is 0.0777 e. The van der Waals surface area contributed by atoms with Gasteiger partial charge in [-0.15, -0.1) is 0 Å². The number of methoxy groups -OCH3 is 1. The van der Waals surface area contributed by atoms with Crippen molar-refractivity contribution >= 4 is 11.8 Å². The summed E-state index contributed by atoms with van der Waals surface area (Å²) < 4.78 is 5.70. The molecule has 2 aliphatic heterocycles. The molecule has 2 saturated heterocycles. The van der Waals surface area contributed by atoms with E-state index in [1.54, 1.807) is 0 Å². The highest BCUT2D eigenvalue weighted by atomic mass is 32.2. The van der Waals surface area contributed by atoms with Gasteiger partial charge < -0.3 is 10.5 Å². The van der Waals surface area contributed by atoms with E-state index in [-0.39, 0.29) is 11.1 Å². The number of rotatable bonds is 3. The molecule has 0 amide bonds. The molecular formula is C13H26N2OS. The van der Waals surface area contributed by atoms with Gasteiger partial charge in [-0.25, -0.2) is 0 Å². The van der Waals surface area contributed by atoms with Crippen molar-refractivity contribution in [3.8, 4) is 0 Å². The van der Waals surface area contributed by atoms with Gasteiger partial charge in [-0.3, -0.25) is 4.90 Å². The van der Waals surface area contributed by atoms with Gasteiger partial charge in [-0.05, 0) is 38.5 Å². The van der Waals surface area contributed by atoms with E-state index in [4.69, 9.17) is 10.5 Å². The van der Waals surface area contributed by atoms with Crippen LogP contribution in [0.2, 0.25) is 0 Å². The second-order valence-corrected chi connectivity index (χ2v) is 7.20. The quantitative estimate of drug-likeness (QED) is 0.836. The third-order valence-corrected chi connectivity index (χ3v) is 6.17. The number of hydrogen-bond donors (Lipinski definition) is 1. The predicted molar refractivity (Wildman–Crippen MR) is 74.5 cm³/mol. The first-order chi connectivity index (χ1) is 8.06. The molecule has 100 valence electrons. The Balaban J connectivity index is 2.15. The number of hydrogen-bond acceptors (Lipinski definition) is 4. The van der Waals surface area contributed by atoms with Crippen molar-refractivity contribution in [2.75, 3.05) is 32.5 Å². The van der Waals surface area contributed by atoms with Gasteiger partial charge in [0.2, 0.25) is 0 Å². The molecule has 2 N–H and O–H groups in total. The number of nitrogens with two attached hydrogens (primary N) is 1. The molecule has 3 atom stereocenters. The van der Waals surface area contributed by atoms with E-state index < -0.39 is 0 Å². The highest BCUT2D eigenvalue weighted by Crippen LogP contribution is 2.42. The van der Waals surface area contributed by atoms with Crippen LogP contribution in [-0.4, -0.2) is 53.8 Å². The fraction of sp³-hybridized carbons (Fsp3) is 1.00. The molecule has 2 rings (SSSR count). The molecule has 3 unspecified atom stereocenters. The van der Waals surface area contributed by atoms with Gasteiger partial charge in [0.15, 0.2) is 0 Å². The third kappa shape index (κ3) is 2.37. The van der Waals surface area contributed by atoms with Gasteiger partial charge in [0.25, 0.3) is 0 Å². The summed E-state index contributed by atoms with van der Waals surface area (Å²) in [5, 5.41) is 0.645. The molecule has 0 aromatic rings. The molecule has 2 fully saturated rings. The topological polar surface area (TPSA) is 38.5 Å². The zero-order chi connectivity index (χ0) is 12.5. The van der Waals surface area contributed by atoms with Crippen LogP contribution in [0.25, 0.3) is 0 Å². The summed E-state index contributed by atoms with van der Waals surface area (Å²) in [5.74, 6) is 1.25. The highest BCUT2D eigenvalue weighted by molar-refractivity contribution is 8.00. The van der Waals surface area contributed by atoms with Crippen molar-refractivity contribution in [2.45, 2.75) is 49.5 Å². The van der Waals surface area contributed by atoms with Crippen molar-refractivity contribution in [3.05, 3.63) is 0 Å². The number of nitrogens with zero attached hydrogens (tertiary/aromatic N) is 1. The Morgan fingerprint density at radius 3 is 2.76 bits per heavy atom. The van der Waals surface area contributed by atoms with E-state index in [0.717, 1.165) is 13.1 Å². The Hall–Kier alpha value is 0.230. The smallest absolute Gasteiger partial charge is 0.0777 e. The molecule has 0 bridgehead atoms. The molecule has 4 heteroatoms. The van der Waals surface area contributed by atoms with Crippen LogP contribution in [0.15, 0.2) is 0 Å². The van der Waals surface area contributed by atoms with E-state index in [0.29, 0.717) is 5.25 Å². The fourth-order valence-corrected chi connectivity index (χ4v) is 4.83. The number of likely N-dealkylation sites (tertiary alicyclic amines) is 1. The number of ether oxygens (including phenoxy) is 1. The lowest BCUT2D eigenvalue weighted by molar-refractivity contribution is -0.0791. The molecule has 2 aliphatic rings. The largest absolute Gasteiger partial charge is 0.377 e. The van der Waals surface area contributed by atoms with Crippen molar-refractivity contribution in [1.82, 2.24) is 4.90 Å². The fourth-order valence-electron chi connectivity index (χ4n) is 3.34. The van der Waals surface area contributed by atoms with E-state index >= 15 is 0 Å². The Labute approximate surface area is 109 Å². The SMILES string of the molecule is COC1(C)CCCN(C2(CN)CCSC2C)C1. The number of piperidine rings is 1. The molecule has 0 aliphatic carbocycles. The van der Waals surface area contributed by atoms with Gasteiger partial charge in [-0.2, -0.15) is 11.8 Å². The molecule has 0 spiro atoms. The highest BCUT2D eigenvalue weighted by Gasteiger charge is 2.47. The zero-order valence-electron chi connectivity index (χ0n) is 11.4. The number of thioether (sulfide) groups is 1. The Morgan fingerprint density at radius 1 is 1.47 bits per heavy atom.